The first-order chi connectivity index (χ1) is 13.9. The van der Waals surface area contributed by atoms with E-state index in [-0.39, 0.29) is 6.54 Å². The Morgan fingerprint density at radius 3 is 2.34 bits per heavy atom. The fourth-order valence-corrected chi connectivity index (χ4v) is 4.32. The highest BCUT2D eigenvalue weighted by Gasteiger charge is 2.31. The number of piperidine rings is 1. The summed E-state index contributed by atoms with van der Waals surface area (Å²) in [4.78, 5) is 6.81. The van der Waals surface area contributed by atoms with Gasteiger partial charge in [0.25, 0.3) is 0 Å². The molecule has 0 aliphatic carbocycles. The molecular formula is C21H33F3N4O. The van der Waals surface area contributed by atoms with E-state index in [1.54, 1.807) is 0 Å². The first-order valence-electron chi connectivity index (χ1n) is 10.6. The van der Waals surface area contributed by atoms with E-state index in [1.165, 1.54) is 5.69 Å². The Balaban J connectivity index is 1.47. The summed E-state index contributed by atoms with van der Waals surface area (Å²) >= 11 is 0. The molecule has 0 atom stereocenters. The molecule has 0 saturated carbocycles. The largest absolute Gasteiger partial charge is 0.492 e. The molecule has 2 fully saturated rings. The minimum absolute atomic E-state index is 0.126. The molecule has 5 nitrogen and oxygen atoms in total. The first kappa shape index (κ1) is 22.0. The van der Waals surface area contributed by atoms with Crippen LogP contribution in [0.2, 0.25) is 0 Å². The van der Waals surface area contributed by atoms with Crippen LogP contribution < -0.4 is 15.0 Å². The number of nitrogens with one attached hydrogen (secondary N) is 1. The third-order valence-electron chi connectivity index (χ3n) is 6.00. The zero-order valence-electron chi connectivity index (χ0n) is 17.5. The molecular weight excluding hydrogens is 381 g/mol. The lowest BCUT2D eigenvalue weighted by Crippen LogP contribution is -2.53. The molecule has 0 amide bonds. The maximum atomic E-state index is 12.4. The Morgan fingerprint density at radius 2 is 1.76 bits per heavy atom. The van der Waals surface area contributed by atoms with Crippen molar-refractivity contribution < 1.29 is 17.9 Å². The van der Waals surface area contributed by atoms with Gasteiger partial charge < -0.3 is 19.9 Å². The topological polar surface area (TPSA) is 31.0 Å². The van der Waals surface area contributed by atoms with Crippen LogP contribution in [0.15, 0.2) is 18.2 Å². The van der Waals surface area contributed by atoms with Gasteiger partial charge in [0.15, 0.2) is 0 Å². The summed E-state index contributed by atoms with van der Waals surface area (Å²) in [6.45, 7) is 7.93. The van der Waals surface area contributed by atoms with Crippen LogP contribution in [0.5, 0.6) is 5.75 Å². The van der Waals surface area contributed by atoms with Crippen molar-refractivity contribution in [2.75, 3.05) is 69.7 Å². The average Bonchev–Trinajstić information content (AvgIpc) is 2.72. The summed E-state index contributed by atoms with van der Waals surface area (Å²) in [6.07, 6.45) is -2.60. The van der Waals surface area contributed by atoms with Gasteiger partial charge >= 0.3 is 6.18 Å². The van der Waals surface area contributed by atoms with Gasteiger partial charge in [0.05, 0.1) is 18.7 Å². The number of hydrogen-bond acceptors (Lipinski definition) is 5. The van der Waals surface area contributed by atoms with Gasteiger partial charge in [-0.05, 0) is 31.9 Å². The number of alkyl halides is 3. The number of benzene rings is 1. The lowest BCUT2D eigenvalue weighted by molar-refractivity contribution is -0.139. The Bertz CT molecular complexity index is 639. The third-order valence-corrected chi connectivity index (χ3v) is 6.00. The summed E-state index contributed by atoms with van der Waals surface area (Å²) < 4.78 is 43.0. The Hall–Kier alpha value is -1.67. The first-order valence-corrected chi connectivity index (χ1v) is 10.6. The van der Waals surface area contributed by atoms with E-state index in [0.29, 0.717) is 12.6 Å². The van der Waals surface area contributed by atoms with Crippen LogP contribution in [-0.4, -0.2) is 81.5 Å². The number of hydrogen-bond donors (Lipinski definition) is 1. The molecule has 0 bridgehead atoms. The van der Waals surface area contributed by atoms with Crippen molar-refractivity contribution in [3.05, 3.63) is 18.2 Å². The predicted octanol–water partition coefficient (Wildman–Crippen LogP) is 3.67. The zero-order valence-corrected chi connectivity index (χ0v) is 17.5. The molecule has 0 aromatic heterocycles. The van der Waals surface area contributed by atoms with Gasteiger partial charge in [0, 0.05) is 70.7 Å². The van der Waals surface area contributed by atoms with E-state index in [4.69, 9.17) is 4.74 Å². The van der Waals surface area contributed by atoms with Crippen molar-refractivity contribution in [2.24, 2.45) is 0 Å². The monoisotopic (exact) mass is 414 g/mol. The maximum absolute atomic E-state index is 12.4. The van der Waals surface area contributed by atoms with E-state index in [2.05, 4.69) is 33.3 Å². The number of rotatable bonds is 7. The van der Waals surface area contributed by atoms with Crippen LogP contribution >= 0.6 is 0 Å². The van der Waals surface area contributed by atoms with Gasteiger partial charge in [0.2, 0.25) is 0 Å². The van der Waals surface area contributed by atoms with E-state index < -0.39 is 12.6 Å². The van der Waals surface area contributed by atoms with Crippen molar-refractivity contribution in [3.63, 3.8) is 0 Å². The van der Waals surface area contributed by atoms with Crippen molar-refractivity contribution >= 4 is 11.4 Å². The summed E-state index contributed by atoms with van der Waals surface area (Å²) in [5.74, 6) is 0.879. The minimum Gasteiger partial charge on any atom is -0.492 e. The smallest absolute Gasteiger partial charge is 0.390 e. The Labute approximate surface area is 171 Å². The fourth-order valence-electron chi connectivity index (χ4n) is 4.32. The maximum Gasteiger partial charge on any atom is 0.390 e. The van der Waals surface area contributed by atoms with Gasteiger partial charge in [-0.3, -0.25) is 4.90 Å². The normalized spacial score (nSPS) is 20.1. The molecule has 29 heavy (non-hydrogen) atoms. The number of nitrogens with zero attached hydrogens (tertiary/aromatic N) is 3. The van der Waals surface area contributed by atoms with Crippen LogP contribution in [0.25, 0.3) is 0 Å². The highest BCUT2D eigenvalue weighted by molar-refractivity contribution is 5.64. The van der Waals surface area contributed by atoms with Gasteiger partial charge in [-0.15, -0.1) is 0 Å². The molecule has 1 aromatic carbocycles. The standard InChI is InChI=1S/C21H33F3N4O/c1-3-29-20-16-18(4-5-19(20)25-2)27-9-6-17(7-10-27)28-14-12-26(13-15-28)11-8-21(22,23)24/h4-5,16-17,25H,3,6-15H2,1-2H3. The summed E-state index contributed by atoms with van der Waals surface area (Å²) in [5.41, 5.74) is 2.18. The van der Waals surface area contributed by atoms with Crippen LogP contribution in [0.4, 0.5) is 24.5 Å². The molecule has 0 spiro atoms. The molecule has 0 unspecified atom stereocenters. The highest BCUT2D eigenvalue weighted by atomic mass is 19.4. The lowest BCUT2D eigenvalue weighted by Gasteiger charge is -2.43. The van der Waals surface area contributed by atoms with Crippen LogP contribution in [0, 0.1) is 0 Å². The molecule has 1 aromatic rings. The van der Waals surface area contributed by atoms with Crippen molar-refractivity contribution in [2.45, 2.75) is 38.4 Å². The predicted molar refractivity (Wildman–Crippen MR) is 111 cm³/mol. The Kier molecular flexibility index (Phi) is 7.51. The molecule has 8 heteroatoms. The molecule has 2 aliphatic rings. The van der Waals surface area contributed by atoms with E-state index in [9.17, 15) is 13.2 Å². The second kappa shape index (κ2) is 9.89. The average molecular weight is 415 g/mol. The SMILES string of the molecule is CCOc1cc(N2CCC(N3CCN(CCC(F)(F)F)CC3)CC2)ccc1NC. The molecule has 2 aliphatic heterocycles. The van der Waals surface area contributed by atoms with Crippen LogP contribution in [-0.2, 0) is 0 Å². The number of halogens is 3. The van der Waals surface area contributed by atoms with Crippen molar-refractivity contribution in [1.82, 2.24) is 9.80 Å². The second-order valence-corrected chi connectivity index (χ2v) is 7.82. The Morgan fingerprint density at radius 1 is 1.07 bits per heavy atom. The summed E-state index contributed by atoms with van der Waals surface area (Å²) in [5, 5.41) is 3.16. The summed E-state index contributed by atoms with van der Waals surface area (Å²) in [6, 6.07) is 6.83. The van der Waals surface area contributed by atoms with Gasteiger partial charge in [-0.25, -0.2) is 0 Å². The van der Waals surface area contributed by atoms with Gasteiger partial charge in [0.1, 0.15) is 5.75 Å². The molecule has 2 heterocycles. The number of anilines is 2. The van der Waals surface area contributed by atoms with Crippen LogP contribution in [0.3, 0.4) is 0 Å². The van der Waals surface area contributed by atoms with E-state index in [0.717, 1.165) is 63.5 Å². The molecule has 0 radical (unpaired) electrons. The fraction of sp³-hybridized carbons (Fsp3) is 0.714. The van der Waals surface area contributed by atoms with E-state index >= 15 is 0 Å². The van der Waals surface area contributed by atoms with E-state index in [1.807, 2.05) is 18.9 Å². The molecule has 2 saturated heterocycles. The van der Waals surface area contributed by atoms with Gasteiger partial charge in [-0.2, -0.15) is 13.2 Å². The van der Waals surface area contributed by atoms with Crippen molar-refractivity contribution in [1.29, 1.82) is 0 Å². The van der Waals surface area contributed by atoms with Gasteiger partial charge in [-0.1, -0.05) is 0 Å². The zero-order chi connectivity index (χ0) is 20.9. The lowest BCUT2D eigenvalue weighted by atomic mass is 10.0. The molecule has 164 valence electrons. The van der Waals surface area contributed by atoms with Crippen molar-refractivity contribution in [3.8, 4) is 5.75 Å². The quantitative estimate of drug-likeness (QED) is 0.736. The molecule has 1 N–H and O–H groups in total. The number of ether oxygens (including phenoxy) is 1. The second-order valence-electron chi connectivity index (χ2n) is 7.82. The molecule has 3 rings (SSSR count). The highest BCUT2D eigenvalue weighted by Crippen LogP contribution is 2.32. The summed E-state index contributed by atoms with van der Waals surface area (Å²) in [7, 11) is 1.89. The third kappa shape index (κ3) is 6.15. The van der Waals surface area contributed by atoms with Crippen LogP contribution in [0.1, 0.15) is 26.2 Å². The number of piperazine rings is 1. The minimum atomic E-state index is -4.06.